The summed E-state index contributed by atoms with van der Waals surface area (Å²) in [5, 5.41) is 12.5. The average Bonchev–Trinajstić information content (AvgIpc) is 2.84. The average molecular weight is 518 g/mol. The van der Waals surface area contributed by atoms with Crippen LogP contribution in [0.5, 0.6) is 0 Å². The van der Waals surface area contributed by atoms with Crippen molar-refractivity contribution in [1.29, 1.82) is 0 Å². The van der Waals surface area contributed by atoms with Crippen LogP contribution in [-0.4, -0.2) is 76.7 Å². The Hall–Kier alpha value is -3.41. The zero-order valence-electron chi connectivity index (χ0n) is 19.5. The highest BCUT2D eigenvalue weighted by Gasteiger charge is 2.35. The second-order valence-electron chi connectivity index (χ2n) is 8.20. The zero-order chi connectivity index (χ0) is 25.7. The first-order valence-electron chi connectivity index (χ1n) is 11.4. The number of hydrogen-bond donors (Lipinski definition) is 2. The zero-order valence-corrected chi connectivity index (χ0v) is 20.2. The number of aliphatic imine (C=N–C) groups is 1. The van der Waals surface area contributed by atoms with Gasteiger partial charge in [0.1, 0.15) is 17.6 Å². The fourth-order valence-corrected chi connectivity index (χ4v) is 4.41. The van der Waals surface area contributed by atoms with Crippen molar-refractivity contribution in [2.24, 2.45) is 4.99 Å². The number of benzene rings is 1. The number of carbonyl (C=O) groups is 2. The Morgan fingerprint density at radius 2 is 2.19 bits per heavy atom. The van der Waals surface area contributed by atoms with Crippen LogP contribution in [0.2, 0.25) is 5.02 Å². The molecule has 1 fully saturated rings. The minimum atomic E-state index is -0.952. The second kappa shape index (κ2) is 11.5. The van der Waals surface area contributed by atoms with Crippen LogP contribution in [0.4, 0.5) is 4.39 Å². The number of rotatable bonds is 8. The van der Waals surface area contributed by atoms with E-state index >= 15 is 0 Å². The van der Waals surface area contributed by atoms with E-state index in [9.17, 15) is 14.0 Å². The van der Waals surface area contributed by atoms with Gasteiger partial charge in [-0.05, 0) is 19.1 Å². The molecule has 1 saturated heterocycles. The van der Waals surface area contributed by atoms with Crippen LogP contribution < -0.4 is 5.32 Å². The van der Waals surface area contributed by atoms with Crippen LogP contribution in [-0.2, 0) is 19.1 Å². The molecule has 2 N–H and O–H groups in total. The Balaban J connectivity index is 1.77. The van der Waals surface area contributed by atoms with Gasteiger partial charge in [0.2, 0.25) is 0 Å². The second-order valence-corrected chi connectivity index (χ2v) is 8.61. The summed E-state index contributed by atoms with van der Waals surface area (Å²) in [5.41, 5.74) is 1.57. The predicted molar refractivity (Wildman–Crippen MR) is 128 cm³/mol. The third-order valence-corrected chi connectivity index (χ3v) is 6.02. The van der Waals surface area contributed by atoms with Crippen LogP contribution in [0.25, 0.3) is 0 Å². The van der Waals surface area contributed by atoms with E-state index in [1.165, 1.54) is 30.7 Å². The first kappa shape index (κ1) is 25.7. The van der Waals surface area contributed by atoms with E-state index in [0.717, 1.165) is 6.07 Å². The molecule has 10 nitrogen and oxygen atoms in total. The van der Waals surface area contributed by atoms with E-state index in [0.29, 0.717) is 42.5 Å². The number of carboxylic acid groups (broad SMARTS) is 1. The van der Waals surface area contributed by atoms with Crippen molar-refractivity contribution in [2.45, 2.75) is 25.5 Å². The van der Waals surface area contributed by atoms with Gasteiger partial charge in [0.25, 0.3) is 0 Å². The van der Waals surface area contributed by atoms with Gasteiger partial charge < -0.3 is 19.9 Å². The summed E-state index contributed by atoms with van der Waals surface area (Å²) in [5.74, 6) is -1.71. The molecular weight excluding hydrogens is 493 g/mol. The van der Waals surface area contributed by atoms with Gasteiger partial charge in [0, 0.05) is 48.3 Å². The molecule has 2 atom stereocenters. The molecule has 0 saturated carbocycles. The molecule has 4 rings (SSSR count). The van der Waals surface area contributed by atoms with Crippen molar-refractivity contribution < 1.29 is 28.6 Å². The first-order valence-corrected chi connectivity index (χ1v) is 11.8. The number of aliphatic carboxylic acids is 1. The number of carboxylic acids is 1. The highest BCUT2D eigenvalue weighted by molar-refractivity contribution is 6.31. The Labute approximate surface area is 211 Å². The lowest BCUT2D eigenvalue weighted by Gasteiger charge is -2.35. The maximum Gasteiger partial charge on any atom is 0.338 e. The van der Waals surface area contributed by atoms with Crippen molar-refractivity contribution in [3.05, 3.63) is 70.2 Å². The smallest absolute Gasteiger partial charge is 0.338 e. The topological polar surface area (TPSA) is 126 Å². The Kier molecular flexibility index (Phi) is 8.24. The molecule has 36 heavy (non-hydrogen) atoms. The normalized spacial score (nSPS) is 20.5. The standard InChI is InChI=1S/C24H25ClFN5O5/c1-2-35-24(34)21-19(13-31-7-8-36-15(12-31)10-20(32)33)29-23(18-11-27-5-6-28-18)30-22(21)16-4-3-14(26)9-17(16)25/h3-6,9,11,15,22H,2,7-8,10,12-13H2,1H3,(H,29,30)(H,32,33). The third kappa shape index (κ3) is 6.04. The van der Waals surface area contributed by atoms with Crippen molar-refractivity contribution in [3.8, 4) is 0 Å². The molecule has 3 heterocycles. The van der Waals surface area contributed by atoms with Crippen molar-refractivity contribution in [3.63, 3.8) is 0 Å². The van der Waals surface area contributed by atoms with E-state index < -0.39 is 29.9 Å². The van der Waals surface area contributed by atoms with Crippen molar-refractivity contribution in [2.75, 3.05) is 32.8 Å². The Morgan fingerprint density at radius 3 is 2.89 bits per heavy atom. The number of esters is 1. The summed E-state index contributed by atoms with van der Waals surface area (Å²) >= 11 is 6.40. The van der Waals surface area contributed by atoms with Crippen LogP contribution in [0, 0.1) is 5.82 Å². The summed E-state index contributed by atoms with van der Waals surface area (Å²) < 4.78 is 24.8. The quantitative estimate of drug-likeness (QED) is 0.507. The SMILES string of the molecule is CCOC(=O)C1=C(CN2CCOC(CC(=O)O)C2)NC(c2cnccn2)=NC1c1ccc(F)cc1Cl. The highest BCUT2D eigenvalue weighted by atomic mass is 35.5. The molecule has 0 spiro atoms. The molecule has 1 aromatic carbocycles. The van der Waals surface area contributed by atoms with E-state index in [4.69, 9.17) is 31.2 Å². The van der Waals surface area contributed by atoms with Crippen LogP contribution in [0.15, 0.2) is 53.1 Å². The third-order valence-electron chi connectivity index (χ3n) is 5.69. The predicted octanol–water partition coefficient (Wildman–Crippen LogP) is 2.35. The fourth-order valence-electron chi connectivity index (χ4n) is 4.14. The molecule has 12 heteroatoms. The first-order chi connectivity index (χ1) is 17.4. The number of hydrogen-bond acceptors (Lipinski definition) is 9. The maximum absolute atomic E-state index is 13.8. The van der Waals surface area contributed by atoms with Gasteiger partial charge >= 0.3 is 11.9 Å². The molecule has 190 valence electrons. The number of aromatic nitrogens is 2. The van der Waals surface area contributed by atoms with E-state index in [1.54, 1.807) is 6.92 Å². The fraction of sp³-hybridized carbons (Fsp3) is 0.375. The van der Waals surface area contributed by atoms with Crippen molar-refractivity contribution >= 4 is 29.4 Å². The Morgan fingerprint density at radius 1 is 1.36 bits per heavy atom. The monoisotopic (exact) mass is 517 g/mol. The number of nitrogens with zero attached hydrogens (tertiary/aromatic N) is 4. The van der Waals surface area contributed by atoms with Gasteiger partial charge in [-0.3, -0.25) is 19.7 Å². The molecule has 1 aromatic heterocycles. The van der Waals surface area contributed by atoms with Gasteiger partial charge in [0.05, 0.1) is 37.5 Å². The van der Waals surface area contributed by atoms with Gasteiger partial charge in [-0.2, -0.15) is 0 Å². The molecule has 0 bridgehead atoms. The lowest BCUT2D eigenvalue weighted by atomic mass is 9.94. The summed E-state index contributed by atoms with van der Waals surface area (Å²) in [6.07, 6.45) is 3.95. The largest absolute Gasteiger partial charge is 0.481 e. The molecule has 0 aliphatic carbocycles. The lowest BCUT2D eigenvalue weighted by molar-refractivity contribution is -0.142. The number of amidine groups is 1. The molecule has 0 amide bonds. The van der Waals surface area contributed by atoms with Gasteiger partial charge in [-0.1, -0.05) is 17.7 Å². The summed E-state index contributed by atoms with van der Waals surface area (Å²) in [7, 11) is 0. The van der Waals surface area contributed by atoms with Gasteiger partial charge in [-0.25, -0.2) is 14.2 Å². The molecule has 2 aromatic rings. The number of halogens is 2. The maximum atomic E-state index is 13.8. The van der Waals surface area contributed by atoms with E-state index in [1.807, 2.05) is 4.90 Å². The van der Waals surface area contributed by atoms with Gasteiger partial charge in [0.15, 0.2) is 5.84 Å². The summed E-state index contributed by atoms with van der Waals surface area (Å²) in [6.45, 7) is 3.31. The van der Waals surface area contributed by atoms with Gasteiger partial charge in [-0.15, -0.1) is 0 Å². The minimum absolute atomic E-state index is 0.109. The summed E-state index contributed by atoms with van der Waals surface area (Å²) in [6, 6.07) is 3.00. The molecule has 0 radical (unpaired) electrons. The van der Waals surface area contributed by atoms with Crippen LogP contribution in [0.3, 0.4) is 0 Å². The molecule has 2 aliphatic heterocycles. The Bertz CT molecular complexity index is 1190. The highest BCUT2D eigenvalue weighted by Crippen LogP contribution is 2.36. The molecular formula is C24H25ClFN5O5. The van der Waals surface area contributed by atoms with E-state index in [2.05, 4.69) is 15.3 Å². The lowest BCUT2D eigenvalue weighted by Crippen LogP contribution is -2.47. The van der Waals surface area contributed by atoms with Crippen LogP contribution in [0.1, 0.15) is 30.6 Å². The number of morpholine rings is 1. The van der Waals surface area contributed by atoms with Crippen molar-refractivity contribution in [1.82, 2.24) is 20.2 Å². The molecule has 2 unspecified atom stereocenters. The number of nitrogens with one attached hydrogen (secondary N) is 1. The number of carbonyl (C=O) groups excluding carboxylic acids is 1. The number of ether oxygens (including phenoxy) is 2. The van der Waals surface area contributed by atoms with Crippen LogP contribution >= 0.6 is 11.6 Å². The minimum Gasteiger partial charge on any atom is -0.481 e. The summed E-state index contributed by atoms with van der Waals surface area (Å²) in [4.78, 5) is 39.5. The van der Waals surface area contributed by atoms with E-state index in [-0.39, 0.29) is 30.2 Å². The molecule has 2 aliphatic rings.